The first-order chi connectivity index (χ1) is 8.99. The molecule has 0 atom stereocenters. The Morgan fingerprint density at radius 1 is 1.32 bits per heavy atom. The van der Waals surface area contributed by atoms with Crippen LogP contribution in [0.1, 0.15) is 36.7 Å². The third-order valence-electron chi connectivity index (χ3n) is 3.11. The summed E-state index contributed by atoms with van der Waals surface area (Å²) in [6.07, 6.45) is 0. The lowest BCUT2D eigenvalue weighted by atomic mass is 10.1. The molecule has 0 fully saturated rings. The summed E-state index contributed by atoms with van der Waals surface area (Å²) < 4.78 is 1.69. The Morgan fingerprint density at radius 2 is 2.00 bits per heavy atom. The summed E-state index contributed by atoms with van der Waals surface area (Å²) in [7, 11) is 0. The minimum Gasteiger partial charge on any atom is -0.292 e. The molecule has 0 aliphatic carbocycles. The van der Waals surface area contributed by atoms with Crippen LogP contribution in [0.15, 0.2) is 35.1 Å². The first kappa shape index (κ1) is 13.8. The Morgan fingerprint density at radius 3 is 2.63 bits per heavy atom. The second kappa shape index (κ2) is 5.57. The molecule has 2 rings (SSSR count). The van der Waals surface area contributed by atoms with Crippen molar-refractivity contribution in [1.82, 2.24) is 9.55 Å². The van der Waals surface area contributed by atoms with Gasteiger partial charge in [0, 0.05) is 12.0 Å². The molecule has 0 unspecified atom stereocenters. The summed E-state index contributed by atoms with van der Waals surface area (Å²) in [6, 6.07) is 9.40. The molecule has 1 aromatic heterocycles. The second-order valence-corrected chi connectivity index (χ2v) is 5.33. The molecule has 3 nitrogen and oxygen atoms in total. The topological polar surface area (TPSA) is 34.9 Å². The zero-order chi connectivity index (χ0) is 14.0. The van der Waals surface area contributed by atoms with Gasteiger partial charge in [0.15, 0.2) is 0 Å². The molecule has 19 heavy (non-hydrogen) atoms. The van der Waals surface area contributed by atoms with Gasteiger partial charge in [-0.25, -0.2) is 4.98 Å². The van der Waals surface area contributed by atoms with E-state index in [0.717, 1.165) is 11.4 Å². The number of halogens is 1. The zero-order valence-corrected chi connectivity index (χ0v) is 12.1. The van der Waals surface area contributed by atoms with Crippen molar-refractivity contribution in [2.75, 3.05) is 0 Å². The van der Waals surface area contributed by atoms with Crippen molar-refractivity contribution in [2.45, 2.75) is 33.2 Å². The number of hydrogen-bond donors (Lipinski definition) is 0. The summed E-state index contributed by atoms with van der Waals surface area (Å²) in [6.45, 7) is 6.58. The van der Waals surface area contributed by atoms with Gasteiger partial charge in [-0.05, 0) is 18.1 Å². The molecular formula is C15H17ClN2O. The maximum Gasteiger partial charge on any atom is 0.255 e. The first-order valence-corrected chi connectivity index (χ1v) is 6.68. The fourth-order valence-corrected chi connectivity index (χ4v) is 2.23. The lowest BCUT2D eigenvalue weighted by Gasteiger charge is -2.15. The fraction of sp³-hybridized carbons (Fsp3) is 0.333. The van der Waals surface area contributed by atoms with Crippen molar-refractivity contribution < 1.29 is 0 Å². The number of aryl methyl sites for hydroxylation is 1. The van der Waals surface area contributed by atoms with E-state index >= 15 is 0 Å². The zero-order valence-electron chi connectivity index (χ0n) is 11.4. The first-order valence-electron chi connectivity index (χ1n) is 6.31. The molecule has 2 aromatic rings. The Kier molecular flexibility index (Phi) is 4.05. The highest BCUT2D eigenvalue weighted by atomic mass is 35.5. The largest absolute Gasteiger partial charge is 0.292 e. The van der Waals surface area contributed by atoms with Crippen LogP contribution in [0.4, 0.5) is 0 Å². The molecule has 0 saturated heterocycles. The number of rotatable bonds is 3. The molecule has 100 valence electrons. The molecule has 0 N–H and O–H groups in total. The monoisotopic (exact) mass is 276 g/mol. The van der Waals surface area contributed by atoms with E-state index in [0.29, 0.717) is 6.54 Å². The van der Waals surface area contributed by atoms with E-state index in [1.165, 1.54) is 11.6 Å². The lowest BCUT2D eigenvalue weighted by Crippen LogP contribution is -2.26. The standard InChI is InChI=1S/C15H17ClN2O/c1-10(2)15-17-13(16)8-14(19)18(15)9-12-7-5-4-6-11(12)3/h4-8,10H,9H2,1-3H3. The molecule has 4 heteroatoms. The predicted octanol–water partition coefficient (Wildman–Crippen LogP) is 3.38. The van der Waals surface area contributed by atoms with Gasteiger partial charge in [-0.1, -0.05) is 49.7 Å². The molecule has 0 aliphatic heterocycles. The maximum absolute atomic E-state index is 12.1. The summed E-state index contributed by atoms with van der Waals surface area (Å²) in [5.41, 5.74) is 2.18. The third kappa shape index (κ3) is 3.04. The van der Waals surface area contributed by atoms with Gasteiger partial charge >= 0.3 is 0 Å². The highest BCUT2D eigenvalue weighted by Crippen LogP contribution is 2.15. The van der Waals surface area contributed by atoms with Crippen molar-refractivity contribution in [2.24, 2.45) is 0 Å². The molecule has 0 bridgehead atoms. The van der Waals surface area contributed by atoms with E-state index in [2.05, 4.69) is 4.98 Å². The van der Waals surface area contributed by atoms with Crippen molar-refractivity contribution >= 4 is 11.6 Å². The van der Waals surface area contributed by atoms with Crippen LogP contribution in [0.5, 0.6) is 0 Å². The van der Waals surface area contributed by atoms with Gasteiger partial charge in [-0.15, -0.1) is 0 Å². The van der Waals surface area contributed by atoms with Crippen LogP contribution in [-0.2, 0) is 6.54 Å². The van der Waals surface area contributed by atoms with Crippen molar-refractivity contribution in [1.29, 1.82) is 0 Å². The molecule has 1 heterocycles. The van der Waals surface area contributed by atoms with Crippen LogP contribution in [0.2, 0.25) is 5.15 Å². The van der Waals surface area contributed by atoms with Gasteiger partial charge in [0.1, 0.15) is 11.0 Å². The maximum atomic E-state index is 12.1. The van der Waals surface area contributed by atoms with Crippen molar-refractivity contribution in [3.8, 4) is 0 Å². The van der Waals surface area contributed by atoms with Crippen molar-refractivity contribution in [3.05, 3.63) is 62.8 Å². The van der Waals surface area contributed by atoms with Gasteiger partial charge in [0.05, 0.1) is 6.54 Å². The van der Waals surface area contributed by atoms with Crippen LogP contribution in [0.25, 0.3) is 0 Å². The van der Waals surface area contributed by atoms with Gasteiger partial charge < -0.3 is 0 Å². The van der Waals surface area contributed by atoms with E-state index in [1.54, 1.807) is 4.57 Å². The van der Waals surface area contributed by atoms with Gasteiger partial charge in [0.2, 0.25) is 0 Å². The minimum absolute atomic E-state index is 0.105. The SMILES string of the molecule is Cc1ccccc1Cn1c(C(C)C)nc(Cl)cc1=O. The lowest BCUT2D eigenvalue weighted by molar-refractivity contribution is 0.623. The van der Waals surface area contributed by atoms with Crippen LogP contribution < -0.4 is 5.56 Å². The number of nitrogens with zero attached hydrogens (tertiary/aromatic N) is 2. The fourth-order valence-electron chi connectivity index (χ4n) is 2.05. The van der Waals surface area contributed by atoms with E-state index in [-0.39, 0.29) is 16.6 Å². The Hall–Kier alpha value is -1.61. The van der Waals surface area contributed by atoms with E-state index in [4.69, 9.17) is 11.6 Å². The second-order valence-electron chi connectivity index (χ2n) is 4.94. The molecule has 0 aliphatic rings. The Labute approximate surface area is 117 Å². The molecular weight excluding hydrogens is 260 g/mol. The summed E-state index contributed by atoms with van der Waals surface area (Å²) in [5.74, 6) is 0.871. The number of aromatic nitrogens is 2. The van der Waals surface area contributed by atoms with Crippen LogP contribution in [0.3, 0.4) is 0 Å². The molecule has 1 aromatic carbocycles. The van der Waals surface area contributed by atoms with Crippen LogP contribution in [-0.4, -0.2) is 9.55 Å². The van der Waals surface area contributed by atoms with Crippen LogP contribution >= 0.6 is 11.6 Å². The molecule has 0 saturated carbocycles. The van der Waals surface area contributed by atoms with Gasteiger partial charge in [-0.2, -0.15) is 0 Å². The smallest absolute Gasteiger partial charge is 0.255 e. The average molecular weight is 277 g/mol. The highest BCUT2D eigenvalue weighted by Gasteiger charge is 2.12. The summed E-state index contributed by atoms with van der Waals surface area (Å²) in [4.78, 5) is 16.4. The van der Waals surface area contributed by atoms with Gasteiger partial charge in [-0.3, -0.25) is 9.36 Å². The van der Waals surface area contributed by atoms with E-state index < -0.39 is 0 Å². The average Bonchev–Trinajstić information content (AvgIpc) is 2.34. The Balaban J connectivity index is 2.51. The van der Waals surface area contributed by atoms with Crippen LogP contribution in [0, 0.1) is 6.92 Å². The number of hydrogen-bond acceptors (Lipinski definition) is 2. The quantitative estimate of drug-likeness (QED) is 0.806. The summed E-state index contributed by atoms with van der Waals surface area (Å²) in [5, 5.41) is 0.259. The molecule has 0 amide bonds. The minimum atomic E-state index is -0.105. The third-order valence-corrected chi connectivity index (χ3v) is 3.31. The Bertz CT molecular complexity index is 647. The molecule has 0 radical (unpaired) electrons. The summed E-state index contributed by atoms with van der Waals surface area (Å²) >= 11 is 5.88. The number of benzene rings is 1. The van der Waals surface area contributed by atoms with E-state index in [1.807, 2.05) is 45.0 Å². The van der Waals surface area contributed by atoms with Gasteiger partial charge in [0.25, 0.3) is 5.56 Å². The van der Waals surface area contributed by atoms with Crippen molar-refractivity contribution in [3.63, 3.8) is 0 Å². The highest BCUT2D eigenvalue weighted by molar-refractivity contribution is 6.29. The van der Waals surface area contributed by atoms with E-state index in [9.17, 15) is 4.79 Å². The molecule has 0 spiro atoms. The normalized spacial score (nSPS) is 11.0. The predicted molar refractivity (Wildman–Crippen MR) is 77.9 cm³/mol.